The number of phenols is 1. The minimum atomic E-state index is -4.65. The molecule has 0 aliphatic carbocycles. The third-order valence-corrected chi connectivity index (χ3v) is 1.47. The van der Waals surface area contributed by atoms with Gasteiger partial charge in [0.05, 0.1) is 6.61 Å². The number of ether oxygens (including phenoxy) is 2. The summed E-state index contributed by atoms with van der Waals surface area (Å²) in [5.74, 6) is 0.00721. The fourth-order valence-electron chi connectivity index (χ4n) is 0.888. The van der Waals surface area contributed by atoms with E-state index in [0.29, 0.717) is 0 Å². The molecule has 1 aromatic carbocycles. The van der Waals surface area contributed by atoms with Crippen LogP contribution in [0.1, 0.15) is 0 Å². The molecule has 1 N–H and O–H groups in total. The lowest BCUT2D eigenvalue weighted by atomic mass is 10.3. The monoisotopic (exact) mass is 222 g/mol. The van der Waals surface area contributed by atoms with Crippen LogP contribution in [0.15, 0.2) is 24.3 Å². The number of para-hydroxylation sites is 2. The normalized spacial score (nSPS) is 11.4. The summed E-state index contributed by atoms with van der Waals surface area (Å²) in [6.07, 6.45) is -4.65. The maximum atomic E-state index is 11.5. The van der Waals surface area contributed by atoms with Gasteiger partial charge in [0.1, 0.15) is 6.61 Å². The Balaban J connectivity index is 2.30. The van der Waals surface area contributed by atoms with E-state index in [1.165, 1.54) is 12.1 Å². The first kappa shape index (κ1) is 11.6. The molecule has 0 amide bonds. The summed E-state index contributed by atoms with van der Waals surface area (Å²) in [4.78, 5) is 0. The van der Waals surface area contributed by atoms with Gasteiger partial charge >= 0.3 is 6.36 Å². The Labute approximate surface area is 84.0 Å². The Morgan fingerprint density at radius 1 is 1.13 bits per heavy atom. The van der Waals surface area contributed by atoms with Gasteiger partial charge in [-0.1, -0.05) is 12.1 Å². The number of alkyl halides is 3. The summed E-state index contributed by atoms with van der Waals surface area (Å²) in [5, 5.41) is 9.18. The fraction of sp³-hybridized carbons (Fsp3) is 0.333. The van der Waals surface area contributed by atoms with Crippen molar-refractivity contribution in [2.75, 3.05) is 13.2 Å². The van der Waals surface area contributed by atoms with Crippen LogP contribution in [0, 0.1) is 0 Å². The first-order valence-electron chi connectivity index (χ1n) is 4.10. The molecule has 0 saturated carbocycles. The molecule has 84 valence electrons. The third-order valence-electron chi connectivity index (χ3n) is 1.47. The van der Waals surface area contributed by atoms with E-state index in [4.69, 9.17) is 4.74 Å². The Morgan fingerprint density at radius 3 is 2.40 bits per heavy atom. The van der Waals surface area contributed by atoms with Gasteiger partial charge in [-0.05, 0) is 12.1 Å². The lowest BCUT2D eigenvalue weighted by molar-refractivity contribution is -0.325. The Kier molecular flexibility index (Phi) is 3.79. The van der Waals surface area contributed by atoms with E-state index in [1.54, 1.807) is 12.1 Å². The maximum absolute atomic E-state index is 11.5. The summed E-state index contributed by atoms with van der Waals surface area (Å²) >= 11 is 0. The van der Waals surface area contributed by atoms with E-state index in [2.05, 4.69) is 4.74 Å². The van der Waals surface area contributed by atoms with E-state index in [0.717, 1.165) is 0 Å². The zero-order valence-electron chi connectivity index (χ0n) is 7.62. The van der Waals surface area contributed by atoms with Crippen molar-refractivity contribution in [2.24, 2.45) is 0 Å². The van der Waals surface area contributed by atoms with Crippen LogP contribution in [0.3, 0.4) is 0 Å². The van der Waals surface area contributed by atoms with Gasteiger partial charge in [0.2, 0.25) is 0 Å². The standard InChI is InChI=1S/C9H9F3O3/c10-9(11,12)15-6-5-14-8-4-2-1-3-7(8)13/h1-4,13H,5-6H2. The Hall–Kier alpha value is -1.43. The molecule has 0 aliphatic heterocycles. The lowest BCUT2D eigenvalue weighted by Crippen LogP contribution is -2.18. The number of phenolic OH excluding ortho intramolecular Hbond substituents is 1. The van der Waals surface area contributed by atoms with E-state index in [1.807, 2.05) is 0 Å². The number of benzene rings is 1. The lowest BCUT2D eigenvalue weighted by Gasteiger charge is -2.09. The molecular formula is C9H9F3O3. The molecule has 0 aromatic heterocycles. The number of hydrogen-bond donors (Lipinski definition) is 1. The predicted molar refractivity (Wildman–Crippen MR) is 45.6 cm³/mol. The molecule has 0 spiro atoms. The molecule has 6 heteroatoms. The molecule has 0 aliphatic rings. The highest BCUT2D eigenvalue weighted by Crippen LogP contribution is 2.24. The van der Waals surface area contributed by atoms with Crippen molar-refractivity contribution >= 4 is 0 Å². The van der Waals surface area contributed by atoms with E-state index in [9.17, 15) is 18.3 Å². The van der Waals surface area contributed by atoms with Gasteiger partial charge in [-0.15, -0.1) is 13.2 Å². The van der Waals surface area contributed by atoms with E-state index < -0.39 is 13.0 Å². The maximum Gasteiger partial charge on any atom is 0.522 e. The molecule has 0 heterocycles. The van der Waals surface area contributed by atoms with Gasteiger partial charge in [-0.3, -0.25) is 4.74 Å². The van der Waals surface area contributed by atoms with Crippen molar-refractivity contribution < 1.29 is 27.8 Å². The molecule has 15 heavy (non-hydrogen) atoms. The van der Waals surface area contributed by atoms with Crippen LogP contribution >= 0.6 is 0 Å². The highest BCUT2D eigenvalue weighted by molar-refractivity contribution is 5.37. The molecule has 1 rings (SSSR count). The second kappa shape index (κ2) is 4.88. The van der Waals surface area contributed by atoms with Crippen LogP contribution in [-0.4, -0.2) is 24.7 Å². The van der Waals surface area contributed by atoms with E-state index >= 15 is 0 Å². The molecule has 0 radical (unpaired) electrons. The quantitative estimate of drug-likeness (QED) is 0.794. The molecule has 3 nitrogen and oxygen atoms in total. The van der Waals surface area contributed by atoms with Crippen molar-refractivity contribution in [3.05, 3.63) is 24.3 Å². The van der Waals surface area contributed by atoms with Crippen molar-refractivity contribution in [3.63, 3.8) is 0 Å². The molecule has 0 fully saturated rings. The van der Waals surface area contributed by atoms with Crippen LogP contribution < -0.4 is 4.74 Å². The van der Waals surface area contributed by atoms with Gasteiger partial charge in [0.25, 0.3) is 0 Å². The van der Waals surface area contributed by atoms with Gasteiger partial charge in [0.15, 0.2) is 11.5 Å². The molecular weight excluding hydrogens is 213 g/mol. The second-order valence-electron chi connectivity index (χ2n) is 2.61. The summed E-state index contributed by atoms with van der Waals surface area (Å²) in [7, 11) is 0. The second-order valence-corrected chi connectivity index (χ2v) is 2.61. The van der Waals surface area contributed by atoms with Crippen LogP contribution in [0.5, 0.6) is 11.5 Å². The number of aromatic hydroxyl groups is 1. The molecule has 1 aromatic rings. The number of rotatable bonds is 4. The smallest absolute Gasteiger partial charge is 0.504 e. The molecule has 0 unspecified atom stereocenters. The number of hydrogen-bond acceptors (Lipinski definition) is 3. The summed E-state index contributed by atoms with van der Waals surface area (Å²) in [6.45, 7) is -0.894. The van der Waals surface area contributed by atoms with Crippen molar-refractivity contribution in [1.29, 1.82) is 0 Å². The van der Waals surface area contributed by atoms with E-state index in [-0.39, 0.29) is 18.1 Å². The Morgan fingerprint density at radius 2 is 1.80 bits per heavy atom. The predicted octanol–water partition coefficient (Wildman–Crippen LogP) is 2.31. The summed E-state index contributed by atoms with van der Waals surface area (Å²) in [5.41, 5.74) is 0. The van der Waals surface area contributed by atoms with Gasteiger partial charge in [-0.2, -0.15) is 0 Å². The van der Waals surface area contributed by atoms with Crippen LogP contribution in [0.4, 0.5) is 13.2 Å². The SMILES string of the molecule is Oc1ccccc1OCCOC(F)(F)F. The average Bonchev–Trinajstić information content (AvgIpc) is 2.13. The zero-order chi connectivity index (χ0) is 11.3. The first-order chi connectivity index (χ1) is 6.99. The molecule has 0 saturated heterocycles. The van der Waals surface area contributed by atoms with Crippen molar-refractivity contribution in [1.82, 2.24) is 0 Å². The minimum absolute atomic E-state index is 0.121. The minimum Gasteiger partial charge on any atom is -0.504 e. The summed E-state index contributed by atoms with van der Waals surface area (Å²) in [6, 6.07) is 6.00. The van der Waals surface area contributed by atoms with Gasteiger partial charge in [-0.25, -0.2) is 0 Å². The Bertz CT molecular complexity index is 312. The molecule has 0 atom stereocenters. The average molecular weight is 222 g/mol. The van der Waals surface area contributed by atoms with Gasteiger partial charge in [0, 0.05) is 0 Å². The summed E-state index contributed by atoms with van der Waals surface area (Å²) < 4.78 is 42.9. The number of halogens is 3. The van der Waals surface area contributed by atoms with Crippen molar-refractivity contribution in [2.45, 2.75) is 6.36 Å². The zero-order valence-corrected chi connectivity index (χ0v) is 7.62. The fourth-order valence-corrected chi connectivity index (χ4v) is 0.888. The topological polar surface area (TPSA) is 38.7 Å². The van der Waals surface area contributed by atoms with Crippen LogP contribution in [0.2, 0.25) is 0 Å². The van der Waals surface area contributed by atoms with Crippen LogP contribution in [0.25, 0.3) is 0 Å². The third kappa shape index (κ3) is 4.55. The molecule has 0 bridgehead atoms. The first-order valence-corrected chi connectivity index (χ1v) is 4.10. The highest BCUT2D eigenvalue weighted by Gasteiger charge is 2.28. The van der Waals surface area contributed by atoms with Gasteiger partial charge < -0.3 is 9.84 Å². The van der Waals surface area contributed by atoms with Crippen LogP contribution in [-0.2, 0) is 4.74 Å². The largest absolute Gasteiger partial charge is 0.522 e. The highest BCUT2D eigenvalue weighted by atomic mass is 19.4. The van der Waals surface area contributed by atoms with Crippen molar-refractivity contribution in [3.8, 4) is 11.5 Å².